The molecule has 0 saturated heterocycles. The summed E-state index contributed by atoms with van der Waals surface area (Å²) in [6.45, 7) is 5.36. The molecule has 4 atom stereocenters. The Morgan fingerprint density at radius 1 is 1.13 bits per heavy atom. The van der Waals surface area contributed by atoms with E-state index >= 15 is 0 Å². The Bertz CT molecular complexity index is 802. The van der Waals surface area contributed by atoms with Gasteiger partial charge in [0.25, 0.3) is 17.7 Å². The topological polar surface area (TPSA) is 92.8 Å². The Kier molecular flexibility index (Phi) is 6.90. The Morgan fingerprint density at radius 3 is 2.30 bits per heavy atom. The van der Waals surface area contributed by atoms with Crippen molar-refractivity contribution in [1.82, 2.24) is 10.2 Å². The molecule has 3 rings (SSSR count). The van der Waals surface area contributed by atoms with E-state index in [2.05, 4.69) is 12.2 Å². The quantitative estimate of drug-likeness (QED) is 0.547. The molecule has 2 aliphatic rings. The minimum absolute atomic E-state index is 0.0894. The van der Waals surface area contributed by atoms with E-state index in [0.717, 1.165) is 24.2 Å². The summed E-state index contributed by atoms with van der Waals surface area (Å²) in [6, 6.07) is 5.54. The number of hydrogen-bond donors (Lipinski definition) is 1. The first kappa shape index (κ1) is 22.0. The lowest BCUT2D eigenvalue weighted by atomic mass is 9.86. The van der Waals surface area contributed by atoms with Gasteiger partial charge in [-0.15, -0.1) is 0 Å². The standard InChI is InChI=1S/C23H30N2O5/c1-4-14(2)20(25-21(27)16-10-6-7-11-17(16)22(25)28)23(29)30-13-19(26)24-18-12-8-5-9-15(18)3/h6-7,10-11,14-15,18,20H,4-5,8-9,12-13H2,1-3H3,(H,24,26)/t14-,15-,18-,20-/m0/s1. The summed E-state index contributed by atoms with van der Waals surface area (Å²) in [5, 5.41) is 2.94. The van der Waals surface area contributed by atoms with Crippen LogP contribution < -0.4 is 5.32 Å². The van der Waals surface area contributed by atoms with E-state index in [1.807, 2.05) is 6.92 Å². The van der Waals surface area contributed by atoms with Crippen molar-refractivity contribution in [3.8, 4) is 0 Å². The number of rotatable bonds is 7. The molecule has 3 amide bonds. The lowest BCUT2D eigenvalue weighted by Gasteiger charge is -2.30. The van der Waals surface area contributed by atoms with Crippen LogP contribution >= 0.6 is 0 Å². The minimum Gasteiger partial charge on any atom is -0.454 e. The van der Waals surface area contributed by atoms with Crippen molar-refractivity contribution in [1.29, 1.82) is 0 Å². The molecule has 1 aromatic carbocycles. The van der Waals surface area contributed by atoms with E-state index in [0.29, 0.717) is 12.3 Å². The van der Waals surface area contributed by atoms with E-state index in [4.69, 9.17) is 4.74 Å². The molecule has 0 spiro atoms. The summed E-state index contributed by atoms with van der Waals surface area (Å²) < 4.78 is 5.28. The highest BCUT2D eigenvalue weighted by molar-refractivity contribution is 6.22. The molecule has 1 heterocycles. The van der Waals surface area contributed by atoms with Gasteiger partial charge in [0.05, 0.1) is 11.1 Å². The molecule has 1 N–H and O–H groups in total. The molecule has 7 heteroatoms. The van der Waals surface area contributed by atoms with Crippen LogP contribution in [0.15, 0.2) is 24.3 Å². The highest BCUT2D eigenvalue weighted by Crippen LogP contribution is 2.29. The highest BCUT2D eigenvalue weighted by atomic mass is 16.5. The van der Waals surface area contributed by atoms with E-state index in [1.165, 1.54) is 6.42 Å². The smallest absolute Gasteiger partial charge is 0.330 e. The zero-order chi connectivity index (χ0) is 21.8. The highest BCUT2D eigenvalue weighted by Gasteiger charge is 2.45. The maximum atomic E-state index is 12.9. The van der Waals surface area contributed by atoms with E-state index in [-0.39, 0.29) is 29.0 Å². The van der Waals surface area contributed by atoms with Crippen molar-refractivity contribution < 1.29 is 23.9 Å². The van der Waals surface area contributed by atoms with Crippen LogP contribution in [0.2, 0.25) is 0 Å². The average Bonchev–Trinajstić information content (AvgIpc) is 2.99. The monoisotopic (exact) mass is 414 g/mol. The molecular weight excluding hydrogens is 384 g/mol. The molecule has 1 aliphatic carbocycles. The lowest BCUT2D eigenvalue weighted by molar-refractivity contribution is -0.154. The van der Waals surface area contributed by atoms with Crippen LogP contribution in [-0.4, -0.2) is 47.3 Å². The first-order valence-corrected chi connectivity index (χ1v) is 10.8. The third-order valence-corrected chi connectivity index (χ3v) is 6.33. The molecule has 30 heavy (non-hydrogen) atoms. The molecule has 7 nitrogen and oxygen atoms in total. The lowest BCUT2D eigenvalue weighted by Crippen LogP contribution is -2.50. The zero-order valence-electron chi connectivity index (χ0n) is 17.8. The van der Waals surface area contributed by atoms with E-state index < -0.39 is 30.4 Å². The summed E-state index contributed by atoms with van der Waals surface area (Å²) in [5.74, 6) is -2.00. The number of nitrogens with zero attached hydrogens (tertiary/aromatic N) is 1. The molecule has 1 saturated carbocycles. The Labute approximate surface area is 177 Å². The number of benzene rings is 1. The fourth-order valence-electron chi connectivity index (χ4n) is 4.28. The predicted molar refractivity (Wildman–Crippen MR) is 111 cm³/mol. The maximum absolute atomic E-state index is 12.9. The van der Waals surface area contributed by atoms with Crippen molar-refractivity contribution in [2.75, 3.05) is 6.61 Å². The summed E-state index contributed by atoms with van der Waals surface area (Å²) >= 11 is 0. The number of hydrogen-bond acceptors (Lipinski definition) is 5. The van der Waals surface area contributed by atoms with Crippen LogP contribution in [0.5, 0.6) is 0 Å². The van der Waals surface area contributed by atoms with E-state index in [1.54, 1.807) is 31.2 Å². The van der Waals surface area contributed by atoms with Gasteiger partial charge in [0, 0.05) is 6.04 Å². The van der Waals surface area contributed by atoms with Crippen molar-refractivity contribution in [3.05, 3.63) is 35.4 Å². The molecular formula is C23H30N2O5. The summed E-state index contributed by atoms with van der Waals surface area (Å²) in [4.78, 5) is 51.8. The number of nitrogens with one attached hydrogen (secondary N) is 1. The largest absolute Gasteiger partial charge is 0.454 e. The van der Waals surface area contributed by atoms with Gasteiger partial charge in [0.1, 0.15) is 6.04 Å². The number of carbonyl (C=O) groups is 4. The fourth-order valence-corrected chi connectivity index (χ4v) is 4.28. The first-order chi connectivity index (χ1) is 14.3. The molecule has 1 fully saturated rings. The number of fused-ring (bicyclic) bond motifs is 1. The number of amides is 3. The normalized spacial score (nSPS) is 23.0. The van der Waals surface area contributed by atoms with Crippen LogP contribution in [0.1, 0.15) is 73.6 Å². The van der Waals surface area contributed by atoms with Crippen LogP contribution in [0.4, 0.5) is 0 Å². The van der Waals surface area contributed by atoms with Crippen LogP contribution in [-0.2, 0) is 14.3 Å². The van der Waals surface area contributed by atoms with Gasteiger partial charge in [0.2, 0.25) is 0 Å². The predicted octanol–water partition coefficient (Wildman–Crippen LogP) is 2.94. The van der Waals surface area contributed by atoms with Gasteiger partial charge in [-0.1, -0.05) is 52.2 Å². The second kappa shape index (κ2) is 9.41. The van der Waals surface area contributed by atoms with Crippen molar-refractivity contribution in [2.45, 2.75) is 65.0 Å². The van der Waals surface area contributed by atoms with Gasteiger partial charge in [0.15, 0.2) is 6.61 Å². The molecule has 0 bridgehead atoms. The maximum Gasteiger partial charge on any atom is 0.330 e. The zero-order valence-corrected chi connectivity index (χ0v) is 17.8. The van der Waals surface area contributed by atoms with Crippen molar-refractivity contribution in [3.63, 3.8) is 0 Å². The van der Waals surface area contributed by atoms with Crippen LogP contribution in [0.25, 0.3) is 0 Å². The van der Waals surface area contributed by atoms with Gasteiger partial charge in [-0.05, 0) is 36.8 Å². The van der Waals surface area contributed by atoms with Crippen LogP contribution in [0.3, 0.4) is 0 Å². The summed E-state index contributed by atoms with van der Waals surface area (Å²) in [5.41, 5.74) is 0.570. The molecule has 0 aromatic heterocycles. The summed E-state index contributed by atoms with van der Waals surface area (Å²) in [7, 11) is 0. The minimum atomic E-state index is -1.07. The first-order valence-electron chi connectivity index (χ1n) is 10.8. The van der Waals surface area contributed by atoms with Crippen molar-refractivity contribution >= 4 is 23.7 Å². The van der Waals surface area contributed by atoms with Crippen molar-refractivity contribution in [2.24, 2.45) is 11.8 Å². The number of ether oxygens (including phenoxy) is 1. The Balaban J connectivity index is 1.67. The number of imide groups is 1. The molecule has 0 radical (unpaired) electrons. The Hall–Kier alpha value is -2.70. The number of esters is 1. The molecule has 0 unspecified atom stereocenters. The fraction of sp³-hybridized carbons (Fsp3) is 0.565. The number of carbonyl (C=O) groups excluding carboxylic acids is 4. The molecule has 162 valence electrons. The second-order valence-corrected chi connectivity index (χ2v) is 8.40. The van der Waals surface area contributed by atoms with Gasteiger partial charge in [-0.3, -0.25) is 19.3 Å². The average molecular weight is 415 g/mol. The SMILES string of the molecule is CC[C@H](C)[C@@H](C(=O)OCC(=O)N[C@H]1CCCC[C@@H]1C)N1C(=O)c2ccccc2C1=O. The molecule has 1 aliphatic heterocycles. The third kappa shape index (κ3) is 4.40. The second-order valence-electron chi connectivity index (χ2n) is 8.40. The van der Waals surface area contributed by atoms with E-state index in [9.17, 15) is 19.2 Å². The third-order valence-electron chi connectivity index (χ3n) is 6.33. The molecule has 1 aromatic rings. The van der Waals surface area contributed by atoms with Gasteiger partial charge in [-0.2, -0.15) is 0 Å². The Morgan fingerprint density at radius 2 is 1.73 bits per heavy atom. The summed E-state index contributed by atoms with van der Waals surface area (Å²) in [6.07, 6.45) is 4.80. The van der Waals surface area contributed by atoms with Gasteiger partial charge >= 0.3 is 5.97 Å². The van der Waals surface area contributed by atoms with Crippen LogP contribution in [0, 0.1) is 11.8 Å². The van der Waals surface area contributed by atoms with Gasteiger partial charge < -0.3 is 10.1 Å². The van der Waals surface area contributed by atoms with Gasteiger partial charge in [-0.25, -0.2) is 4.79 Å².